The summed E-state index contributed by atoms with van der Waals surface area (Å²) in [4.78, 5) is 34.3. The lowest BCUT2D eigenvalue weighted by atomic mass is 10.1. The third-order valence-corrected chi connectivity index (χ3v) is 3.13. The number of ether oxygens (including phenoxy) is 1. The van der Waals surface area contributed by atoms with Crippen molar-refractivity contribution in [2.45, 2.75) is 20.8 Å². The first-order valence-corrected chi connectivity index (χ1v) is 6.19. The average Bonchev–Trinajstić information content (AvgIpc) is 2.46. The van der Waals surface area contributed by atoms with Crippen molar-refractivity contribution in [1.29, 1.82) is 0 Å². The molecule has 1 aromatic carbocycles. The summed E-state index contributed by atoms with van der Waals surface area (Å²) in [6, 6.07) is 4.75. The van der Waals surface area contributed by atoms with E-state index in [0.29, 0.717) is 11.3 Å². The Morgan fingerprint density at radius 1 is 1.14 bits per heavy atom. The number of nitrogens with one attached hydrogen (secondary N) is 1. The van der Waals surface area contributed by atoms with Crippen LogP contribution in [0.1, 0.15) is 29.8 Å². The summed E-state index contributed by atoms with van der Waals surface area (Å²) in [5.41, 5.74) is 1.55. The summed E-state index contributed by atoms with van der Waals surface area (Å²) in [6.07, 6.45) is 0. The number of amides is 1. The van der Waals surface area contributed by atoms with E-state index in [2.05, 4.69) is 10.1 Å². The van der Waals surface area contributed by atoms with Crippen molar-refractivity contribution in [3.05, 3.63) is 40.5 Å². The Labute approximate surface area is 122 Å². The number of carbonyl (C=O) groups is 3. The first-order chi connectivity index (χ1) is 9.77. The first kappa shape index (κ1) is 16.4. The van der Waals surface area contributed by atoms with Crippen LogP contribution in [-0.4, -0.2) is 30.1 Å². The normalized spacial score (nSPS) is 11.4. The minimum absolute atomic E-state index is 0.0331. The van der Waals surface area contributed by atoms with Gasteiger partial charge in [0, 0.05) is 16.8 Å². The smallest absolute Gasteiger partial charge is 0.337 e. The zero-order chi connectivity index (χ0) is 16.2. The van der Waals surface area contributed by atoms with Crippen molar-refractivity contribution in [2.24, 2.45) is 0 Å². The second-order valence-corrected chi connectivity index (χ2v) is 4.53. The fourth-order valence-electron chi connectivity index (χ4n) is 1.55. The molecule has 2 N–H and O–H groups in total. The van der Waals surface area contributed by atoms with Crippen molar-refractivity contribution >= 4 is 23.5 Å². The number of aliphatic carboxylic acids is 1. The van der Waals surface area contributed by atoms with Gasteiger partial charge < -0.3 is 15.2 Å². The average molecular weight is 291 g/mol. The zero-order valence-electron chi connectivity index (χ0n) is 12.3. The van der Waals surface area contributed by atoms with Crippen LogP contribution in [0, 0.1) is 6.92 Å². The molecule has 0 aliphatic rings. The maximum absolute atomic E-state index is 12.0. The van der Waals surface area contributed by atoms with Crippen LogP contribution in [0.15, 0.2) is 29.3 Å². The molecule has 1 rings (SSSR count). The molecule has 0 fully saturated rings. The van der Waals surface area contributed by atoms with E-state index in [0.717, 1.165) is 5.56 Å². The van der Waals surface area contributed by atoms with Gasteiger partial charge in [0.05, 0.1) is 12.7 Å². The Hall–Kier alpha value is -2.63. The Bertz CT molecular complexity index is 631. The fraction of sp³-hybridized carbons (Fsp3) is 0.267. The van der Waals surface area contributed by atoms with Gasteiger partial charge in [-0.3, -0.25) is 4.79 Å². The second kappa shape index (κ2) is 6.69. The van der Waals surface area contributed by atoms with E-state index in [1.807, 2.05) is 0 Å². The molecule has 0 spiro atoms. The number of aryl methyl sites for hydroxylation is 1. The fourth-order valence-corrected chi connectivity index (χ4v) is 1.55. The summed E-state index contributed by atoms with van der Waals surface area (Å²) in [5, 5.41) is 11.5. The molecular weight excluding hydrogens is 274 g/mol. The molecular formula is C15H17NO5. The highest BCUT2D eigenvalue weighted by Gasteiger charge is 2.15. The van der Waals surface area contributed by atoms with Crippen LogP contribution in [0.2, 0.25) is 0 Å². The highest BCUT2D eigenvalue weighted by atomic mass is 16.5. The van der Waals surface area contributed by atoms with E-state index in [4.69, 9.17) is 5.11 Å². The number of carboxylic acid groups (broad SMARTS) is 1. The minimum atomic E-state index is -1.15. The maximum atomic E-state index is 12.0. The molecule has 0 saturated carbocycles. The van der Waals surface area contributed by atoms with E-state index in [9.17, 15) is 14.4 Å². The van der Waals surface area contributed by atoms with Crippen molar-refractivity contribution in [1.82, 2.24) is 0 Å². The molecule has 0 atom stereocenters. The third kappa shape index (κ3) is 3.92. The molecule has 0 aliphatic carbocycles. The van der Waals surface area contributed by atoms with E-state index in [-0.39, 0.29) is 11.1 Å². The molecule has 0 bridgehead atoms. The van der Waals surface area contributed by atoms with Gasteiger partial charge in [0.2, 0.25) is 0 Å². The van der Waals surface area contributed by atoms with Gasteiger partial charge in [-0.25, -0.2) is 9.59 Å². The zero-order valence-corrected chi connectivity index (χ0v) is 12.3. The number of rotatable bonds is 4. The van der Waals surface area contributed by atoms with Crippen LogP contribution in [0.4, 0.5) is 5.69 Å². The van der Waals surface area contributed by atoms with Gasteiger partial charge in [0.15, 0.2) is 0 Å². The summed E-state index contributed by atoms with van der Waals surface area (Å²) in [7, 11) is 1.27. The van der Waals surface area contributed by atoms with Gasteiger partial charge in [-0.2, -0.15) is 0 Å². The van der Waals surface area contributed by atoms with Crippen LogP contribution in [-0.2, 0) is 14.3 Å². The number of carboxylic acids is 1. The molecule has 6 nitrogen and oxygen atoms in total. The van der Waals surface area contributed by atoms with Crippen LogP contribution in [0.3, 0.4) is 0 Å². The highest BCUT2D eigenvalue weighted by Crippen LogP contribution is 2.19. The number of anilines is 1. The molecule has 112 valence electrons. The van der Waals surface area contributed by atoms with Crippen molar-refractivity contribution in [2.75, 3.05) is 12.4 Å². The number of methoxy groups -OCH3 is 1. The number of esters is 1. The Balaban J connectivity index is 3.08. The summed E-state index contributed by atoms with van der Waals surface area (Å²) < 4.78 is 4.61. The largest absolute Gasteiger partial charge is 0.478 e. The monoisotopic (exact) mass is 291 g/mol. The summed E-state index contributed by atoms with van der Waals surface area (Å²) >= 11 is 0. The van der Waals surface area contributed by atoms with Gasteiger partial charge in [0.25, 0.3) is 5.91 Å². The van der Waals surface area contributed by atoms with E-state index >= 15 is 0 Å². The summed E-state index contributed by atoms with van der Waals surface area (Å²) in [5.74, 6) is -2.19. The van der Waals surface area contributed by atoms with Crippen molar-refractivity contribution in [3.63, 3.8) is 0 Å². The van der Waals surface area contributed by atoms with Crippen molar-refractivity contribution < 1.29 is 24.2 Å². The molecule has 0 heterocycles. The predicted octanol–water partition coefficient (Wildman–Crippen LogP) is 2.14. The van der Waals surface area contributed by atoms with Gasteiger partial charge >= 0.3 is 11.9 Å². The van der Waals surface area contributed by atoms with Gasteiger partial charge in [-0.15, -0.1) is 0 Å². The Kier molecular flexibility index (Phi) is 5.24. The maximum Gasteiger partial charge on any atom is 0.337 e. The molecule has 1 amide bonds. The van der Waals surface area contributed by atoms with Crippen LogP contribution in [0.25, 0.3) is 0 Å². The second-order valence-electron chi connectivity index (χ2n) is 4.53. The molecule has 6 heteroatoms. The molecule has 0 aromatic heterocycles. The Morgan fingerprint density at radius 3 is 2.29 bits per heavy atom. The van der Waals surface area contributed by atoms with Crippen LogP contribution in [0.5, 0.6) is 0 Å². The number of benzene rings is 1. The number of carbonyl (C=O) groups excluding carboxylic acids is 2. The standard InChI is InChI=1S/C15H17NO5/c1-8-5-6-11(15(20)21-4)7-12(8)16-13(17)9(2)10(3)14(18)19/h5-7H,1-4H3,(H,16,17)(H,18,19). The van der Waals surface area contributed by atoms with Crippen molar-refractivity contribution in [3.8, 4) is 0 Å². The topological polar surface area (TPSA) is 92.7 Å². The lowest BCUT2D eigenvalue weighted by Gasteiger charge is -2.11. The van der Waals surface area contributed by atoms with Gasteiger partial charge in [0.1, 0.15) is 0 Å². The van der Waals surface area contributed by atoms with Crippen LogP contribution >= 0.6 is 0 Å². The predicted molar refractivity (Wildman–Crippen MR) is 77.2 cm³/mol. The quantitative estimate of drug-likeness (QED) is 0.655. The lowest BCUT2D eigenvalue weighted by Crippen LogP contribution is -2.17. The SMILES string of the molecule is COC(=O)c1ccc(C)c(NC(=O)C(C)=C(C)C(=O)O)c1. The molecule has 0 unspecified atom stereocenters. The molecule has 0 aliphatic heterocycles. The van der Waals surface area contributed by atoms with Gasteiger partial charge in [-0.05, 0) is 38.5 Å². The van der Waals surface area contributed by atoms with E-state index in [1.54, 1.807) is 19.1 Å². The number of hydrogen-bond donors (Lipinski definition) is 2. The summed E-state index contributed by atoms with van der Waals surface area (Å²) in [6.45, 7) is 4.55. The van der Waals surface area contributed by atoms with Crippen LogP contribution < -0.4 is 5.32 Å². The Morgan fingerprint density at radius 2 is 1.76 bits per heavy atom. The van der Waals surface area contributed by atoms with E-state index in [1.165, 1.54) is 27.0 Å². The number of hydrogen-bond acceptors (Lipinski definition) is 4. The molecule has 1 aromatic rings. The molecule has 0 radical (unpaired) electrons. The minimum Gasteiger partial charge on any atom is -0.478 e. The van der Waals surface area contributed by atoms with Gasteiger partial charge in [-0.1, -0.05) is 6.07 Å². The molecule has 0 saturated heterocycles. The first-order valence-electron chi connectivity index (χ1n) is 6.19. The third-order valence-electron chi connectivity index (χ3n) is 3.13. The lowest BCUT2D eigenvalue weighted by molar-refractivity contribution is -0.133. The van der Waals surface area contributed by atoms with E-state index < -0.39 is 17.8 Å². The molecule has 21 heavy (non-hydrogen) atoms. The highest BCUT2D eigenvalue weighted by molar-refractivity contribution is 6.08.